The zero-order valence-corrected chi connectivity index (χ0v) is 13.5. The maximum Gasteiger partial charge on any atom is 0.259 e. The van der Waals surface area contributed by atoms with E-state index in [9.17, 15) is 9.90 Å². The van der Waals surface area contributed by atoms with Crippen molar-refractivity contribution >= 4 is 21.6 Å². The third-order valence-electron chi connectivity index (χ3n) is 3.37. The lowest BCUT2D eigenvalue weighted by molar-refractivity contribution is 0.128. The van der Waals surface area contributed by atoms with E-state index in [4.69, 9.17) is 0 Å². The minimum Gasteiger partial charge on any atom is -0.392 e. The minimum atomic E-state index is -0.438. The number of hydrogen-bond donors (Lipinski definition) is 2. The van der Waals surface area contributed by atoms with Gasteiger partial charge in [0, 0.05) is 18.0 Å². The van der Waals surface area contributed by atoms with Crippen LogP contribution in [0.2, 0.25) is 0 Å². The van der Waals surface area contributed by atoms with Gasteiger partial charge in [-0.1, -0.05) is 6.08 Å². The predicted molar refractivity (Wildman–Crippen MR) is 86.9 cm³/mol. The number of aliphatic hydroxyl groups is 1. The van der Waals surface area contributed by atoms with Crippen LogP contribution in [0, 0.1) is 13.8 Å². The van der Waals surface area contributed by atoms with Gasteiger partial charge in [0.15, 0.2) is 0 Å². The van der Waals surface area contributed by atoms with Crippen LogP contribution in [0.25, 0.3) is 10.2 Å². The summed E-state index contributed by atoms with van der Waals surface area (Å²) in [5, 5.41) is 10.2. The molecule has 0 bridgehead atoms. The van der Waals surface area contributed by atoms with Crippen molar-refractivity contribution in [3.8, 4) is 0 Å². The minimum absolute atomic E-state index is 0.0903. The molecule has 2 aromatic rings. The Balaban J connectivity index is 2.33. The number of H-pyrrole nitrogens is 1. The molecular formula is C15H21N3O2S. The van der Waals surface area contributed by atoms with Crippen LogP contribution in [-0.2, 0) is 6.54 Å². The number of aromatic nitrogens is 2. The number of aromatic amines is 1. The largest absolute Gasteiger partial charge is 0.392 e. The molecule has 0 amide bonds. The van der Waals surface area contributed by atoms with Gasteiger partial charge in [-0.15, -0.1) is 17.9 Å². The number of aryl methyl sites for hydroxylation is 2. The number of rotatable bonds is 6. The van der Waals surface area contributed by atoms with Crippen LogP contribution in [-0.4, -0.2) is 39.2 Å². The molecule has 0 saturated carbocycles. The van der Waals surface area contributed by atoms with Gasteiger partial charge in [-0.2, -0.15) is 0 Å². The molecule has 6 heteroatoms. The molecule has 114 valence electrons. The summed E-state index contributed by atoms with van der Waals surface area (Å²) in [6, 6.07) is 0. The van der Waals surface area contributed by atoms with Crippen LogP contribution in [0.15, 0.2) is 17.4 Å². The van der Waals surface area contributed by atoms with E-state index in [0.29, 0.717) is 30.8 Å². The van der Waals surface area contributed by atoms with E-state index >= 15 is 0 Å². The zero-order valence-electron chi connectivity index (χ0n) is 12.6. The summed E-state index contributed by atoms with van der Waals surface area (Å²) in [4.78, 5) is 23.5. The van der Waals surface area contributed by atoms with E-state index < -0.39 is 6.10 Å². The number of nitrogens with one attached hydrogen (secondary N) is 1. The molecule has 2 aromatic heterocycles. The van der Waals surface area contributed by atoms with Gasteiger partial charge in [0.05, 0.1) is 18.0 Å². The molecular weight excluding hydrogens is 286 g/mol. The van der Waals surface area contributed by atoms with Crippen LogP contribution in [0.5, 0.6) is 0 Å². The molecule has 1 unspecified atom stereocenters. The van der Waals surface area contributed by atoms with Crippen molar-refractivity contribution in [3.05, 3.63) is 39.3 Å². The molecule has 1 atom stereocenters. The number of hydrogen-bond acceptors (Lipinski definition) is 5. The van der Waals surface area contributed by atoms with Gasteiger partial charge in [-0.05, 0) is 26.3 Å². The first-order valence-electron chi connectivity index (χ1n) is 6.92. The smallest absolute Gasteiger partial charge is 0.259 e. The molecule has 0 aromatic carbocycles. The monoisotopic (exact) mass is 307 g/mol. The normalized spacial score (nSPS) is 13.0. The highest BCUT2D eigenvalue weighted by molar-refractivity contribution is 7.18. The van der Waals surface area contributed by atoms with Crippen molar-refractivity contribution in [2.45, 2.75) is 33.4 Å². The van der Waals surface area contributed by atoms with E-state index in [-0.39, 0.29) is 5.56 Å². The second kappa shape index (κ2) is 6.51. The quantitative estimate of drug-likeness (QED) is 0.801. The fourth-order valence-corrected chi connectivity index (χ4v) is 3.39. The highest BCUT2D eigenvalue weighted by atomic mass is 32.1. The number of fused-ring (bicyclic) bond motifs is 1. The zero-order chi connectivity index (χ0) is 15.6. The van der Waals surface area contributed by atoms with Crippen LogP contribution in [0.1, 0.15) is 23.2 Å². The maximum absolute atomic E-state index is 12.2. The number of aliphatic hydroxyl groups excluding tert-OH is 1. The van der Waals surface area contributed by atoms with Gasteiger partial charge in [0.2, 0.25) is 0 Å². The molecule has 5 nitrogen and oxygen atoms in total. The Morgan fingerprint density at radius 3 is 2.86 bits per heavy atom. The second-order valence-corrected chi connectivity index (χ2v) is 6.51. The molecule has 2 rings (SSSR count). The van der Waals surface area contributed by atoms with Crippen LogP contribution in [0.4, 0.5) is 0 Å². The summed E-state index contributed by atoms with van der Waals surface area (Å²) >= 11 is 1.54. The summed E-state index contributed by atoms with van der Waals surface area (Å²) in [6.07, 6.45) is 1.34. The topological polar surface area (TPSA) is 69.2 Å². The SMILES string of the molecule is C=CCN(Cc1nc2sc(C)c(C)c2c(=O)[nH]1)CC(C)O. The Bertz CT molecular complexity index is 703. The first kappa shape index (κ1) is 15.9. The van der Waals surface area contributed by atoms with E-state index in [1.165, 1.54) is 0 Å². The summed E-state index contributed by atoms with van der Waals surface area (Å²) in [5.74, 6) is 0.622. The van der Waals surface area contributed by atoms with Crippen molar-refractivity contribution in [2.75, 3.05) is 13.1 Å². The molecule has 0 fully saturated rings. The number of thiophene rings is 1. The molecule has 0 aliphatic carbocycles. The third kappa shape index (κ3) is 3.58. The van der Waals surface area contributed by atoms with Gasteiger partial charge in [-0.3, -0.25) is 9.69 Å². The Kier molecular flexibility index (Phi) is 4.92. The maximum atomic E-state index is 12.2. The molecule has 0 saturated heterocycles. The summed E-state index contributed by atoms with van der Waals surface area (Å²) < 4.78 is 0. The molecule has 0 aliphatic rings. The second-order valence-electron chi connectivity index (χ2n) is 5.31. The van der Waals surface area contributed by atoms with Gasteiger partial charge in [0.25, 0.3) is 5.56 Å². The molecule has 2 N–H and O–H groups in total. The van der Waals surface area contributed by atoms with Crippen molar-refractivity contribution in [1.82, 2.24) is 14.9 Å². The van der Waals surface area contributed by atoms with Crippen LogP contribution >= 0.6 is 11.3 Å². The molecule has 2 heterocycles. The summed E-state index contributed by atoms with van der Waals surface area (Å²) in [6.45, 7) is 11.0. The van der Waals surface area contributed by atoms with Gasteiger partial charge < -0.3 is 10.1 Å². The Hall–Kier alpha value is -1.50. The van der Waals surface area contributed by atoms with Crippen LogP contribution < -0.4 is 5.56 Å². The van der Waals surface area contributed by atoms with E-state index in [1.807, 2.05) is 18.7 Å². The van der Waals surface area contributed by atoms with E-state index in [0.717, 1.165) is 15.3 Å². The van der Waals surface area contributed by atoms with Gasteiger partial charge in [0.1, 0.15) is 10.7 Å². The van der Waals surface area contributed by atoms with E-state index in [1.54, 1.807) is 24.3 Å². The lowest BCUT2D eigenvalue weighted by Crippen LogP contribution is -2.32. The fraction of sp³-hybridized carbons (Fsp3) is 0.467. The Labute approximate surface area is 128 Å². The summed E-state index contributed by atoms with van der Waals surface area (Å²) in [7, 11) is 0. The fourth-order valence-electron chi connectivity index (χ4n) is 2.35. The molecule has 0 spiro atoms. The average molecular weight is 307 g/mol. The van der Waals surface area contributed by atoms with Crippen molar-refractivity contribution in [1.29, 1.82) is 0 Å². The summed E-state index contributed by atoms with van der Waals surface area (Å²) in [5.41, 5.74) is 0.912. The predicted octanol–water partition coefficient (Wildman–Crippen LogP) is 1.97. The highest BCUT2D eigenvalue weighted by Gasteiger charge is 2.14. The highest BCUT2D eigenvalue weighted by Crippen LogP contribution is 2.25. The Morgan fingerprint density at radius 2 is 2.24 bits per heavy atom. The lowest BCUT2D eigenvalue weighted by atomic mass is 10.2. The lowest BCUT2D eigenvalue weighted by Gasteiger charge is -2.21. The van der Waals surface area contributed by atoms with Crippen LogP contribution in [0.3, 0.4) is 0 Å². The standard InChI is InChI=1S/C15H21N3O2S/c1-5-6-18(7-9(2)19)8-12-16-14(20)13-10(3)11(4)21-15(13)17-12/h5,9,19H,1,6-8H2,2-4H3,(H,16,17,20). The third-order valence-corrected chi connectivity index (χ3v) is 4.47. The van der Waals surface area contributed by atoms with Crippen molar-refractivity contribution in [3.63, 3.8) is 0 Å². The first-order chi connectivity index (χ1) is 9.92. The molecule has 0 aliphatic heterocycles. The number of nitrogens with zero attached hydrogens (tertiary/aromatic N) is 2. The average Bonchev–Trinajstić information content (AvgIpc) is 2.64. The molecule has 21 heavy (non-hydrogen) atoms. The van der Waals surface area contributed by atoms with E-state index in [2.05, 4.69) is 16.5 Å². The first-order valence-corrected chi connectivity index (χ1v) is 7.74. The molecule has 0 radical (unpaired) electrons. The van der Waals surface area contributed by atoms with Crippen molar-refractivity contribution < 1.29 is 5.11 Å². The van der Waals surface area contributed by atoms with Crippen molar-refractivity contribution in [2.24, 2.45) is 0 Å². The Morgan fingerprint density at radius 1 is 1.52 bits per heavy atom. The van der Waals surface area contributed by atoms with Gasteiger partial charge >= 0.3 is 0 Å². The van der Waals surface area contributed by atoms with Gasteiger partial charge in [-0.25, -0.2) is 4.98 Å².